The minimum atomic E-state index is -0.352. The molecule has 0 radical (unpaired) electrons. The van der Waals surface area contributed by atoms with E-state index >= 15 is 0 Å². The van der Waals surface area contributed by atoms with Gasteiger partial charge < -0.3 is 9.30 Å². The van der Waals surface area contributed by atoms with E-state index in [0.29, 0.717) is 0 Å². The van der Waals surface area contributed by atoms with Crippen molar-refractivity contribution in [2.45, 2.75) is 13.5 Å². The fourth-order valence-corrected chi connectivity index (χ4v) is 1.42. The predicted molar refractivity (Wildman–Crippen MR) is 58.7 cm³/mol. The van der Waals surface area contributed by atoms with E-state index in [-0.39, 0.29) is 18.2 Å². The van der Waals surface area contributed by atoms with Gasteiger partial charge in [-0.3, -0.25) is 0 Å². The van der Waals surface area contributed by atoms with Crippen LogP contribution in [0.3, 0.4) is 0 Å². The minimum absolute atomic E-state index is 0.255. The van der Waals surface area contributed by atoms with Crippen LogP contribution in [0, 0.1) is 12.7 Å². The van der Waals surface area contributed by atoms with E-state index in [4.69, 9.17) is 4.74 Å². The second-order valence-electron chi connectivity index (χ2n) is 3.61. The van der Waals surface area contributed by atoms with E-state index < -0.39 is 0 Å². The molecular formula is C12H13FN2O. The third kappa shape index (κ3) is 2.21. The van der Waals surface area contributed by atoms with Crippen LogP contribution in [0.15, 0.2) is 30.5 Å². The third-order valence-corrected chi connectivity index (χ3v) is 2.37. The van der Waals surface area contributed by atoms with Gasteiger partial charge in [-0.2, -0.15) is 0 Å². The van der Waals surface area contributed by atoms with Gasteiger partial charge in [-0.25, -0.2) is 9.37 Å². The highest BCUT2D eigenvalue weighted by molar-refractivity contribution is 5.23. The lowest BCUT2D eigenvalue weighted by molar-refractivity contribution is 0.286. The van der Waals surface area contributed by atoms with E-state index in [9.17, 15) is 4.39 Å². The smallest absolute Gasteiger partial charge is 0.165 e. The van der Waals surface area contributed by atoms with Gasteiger partial charge in [0.25, 0.3) is 0 Å². The van der Waals surface area contributed by atoms with Gasteiger partial charge in [-0.05, 0) is 19.1 Å². The summed E-state index contributed by atoms with van der Waals surface area (Å²) in [5.74, 6) is 0.813. The lowest BCUT2D eigenvalue weighted by Crippen LogP contribution is -1.97. The normalized spacial score (nSPS) is 10.4. The molecule has 2 aromatic rings. The third-order valence-electron chi connectivity index (χ3n) is 2.37. The highest BCUT2D eigenvalue weighted by Gasteiger charge is 2.04. The van der Waals surface area contributed by atoms with Crippen LogP contribution < -0.4 is 4.74 Å². The van der Waals surface area contributed by atoms with Gasteiger partial charge in [0, 0.05) is 13.2 Å². The Labute approximate surface area is 93.5 Å². The maximum atomic E-state index is 13.2. The summed E-state index contributed by atoms with van der Waals surface area (Å²) in [5, 5.41) is 0. The number of aromatic nitrogens is 2. The summed E-state index contributed by atoms with van der Waals surface area (Å²) in [6, 6.07) is 6.35. The van der Waals surface area contributed by atoms with Crippen molar-refractivity contribution < 1.29 is 9.13 Å². The zero-order valence-corrected chi connectivity index (χ0v) is 9.27. The second kappa shape index (κ2) is 4.35. The van der Waals surface area contributed by atoms with Crippen LogP contribution in [0.4, 0.5) is 4.39 Å². The molecule has 0 aliphatic heterocycles. The van der Waals surface area contributed by atoms with Crippen molar-refractivity contribution in [2.75, 3.05) is 0 Å². The molecule has 0 unspecified atom stereocenters. The molecule has 0 N–H and O–H groups in total. The van der Waals surface area contributed by atoms with Crippen molar-refractivity contribution >= 4 is 0 Å². The molecule has 16 heavy (non-hydrogen) atoms. The molecule has 0 spiro atoms. The van der Waals surface area contributed by atoms with Crippen molar-refractivity contribution in [1.82, 2.24) is 9.55 Å². The van der Waals surface area contributed by atoms with Crippen molar-refractivity contribution in [3.8, 4) is 5.75 Å². The van der Waals surface area contributed by atoms with Crippen LogP contribution in [0.25, 0.3) is 0 Å². The fourth-order valence-electron chi connectivity index (χ4n) is 1.42. The first kappa shape index (κ1) is 10.7. The van der Waals surface area contributed by atoms with Gasteiger partial charge in [-0.1, -0.05) is 12.1 Å². The molecule has 0 aliphatic rings. The highest BCUT2D eigenvalue weighted by atomic mass is 19.1. The van der Waals surface area contributed by atoms with E-state index in [1.165, 1.54) is 6.07 Å². The van der Waals surface area contributed by atoms with E-state index in [1.807, 2.05) is 24.7 Å². The molecule has 2 rings (SSSR count). The van der Waals surface area contributed by atoms with Gasteiger partial charge in [-0.15, -0.1) is 0 Å². The van der Waals surface area contributed by atoms with Crippen LogP contribution >= 0.6 is 0 Å². The molecule has 0 saturated heterocycles. The summed E-state index contributed by atoms with van der Waals surface area (Å²) < 4.78 is 20.5. The first-order valence-electron chi connectivity index (χ1n) is 5.03. The molecule has 3 nitrogen and oxygen atoms in total. The van der Waals surface area contributed by atoms with Gasteiger partial charge in [0.2, 0.25) is 0 Å². The maximum absolute atomic E-state index is 13.2. The summed E-state index contributed by atoms with van der Waals surface area (Å²) in [4.78, 5) is 4.27. The molecule has 84 valence electrons. The lowest BCUT2D eigenvalue weighted by Gasteiger charge is -2.04. The Bertz CT molecular complexity index is 474. The molecule has 0 bridgehead atoms. The first-order chi connectivity index (χ1) is 7.66. The Morgan fingerprint density at radius 3 is 2.75 bits per heavy atom. The minimum Gasteiger partial charge on any atom is -0.484 e. The number of benzene rings is 1. The average Bonchev–Trinajstić information content (AvgIpc) is 2.57. The quantitative estimate of drug-likeness (QED) is 0.794. The SMILES string of the molecule is Cc1nc(COc2ccccc2F)cn1C. The topological polar surface area (TPSA) is 27.1 Å². The van der Waals surface area contributed by atoms with Gasteiger partial charge >= 0.3 is 0 Å². The number of imidazole rings is 1. The Kier molecular flexibility index (Phi) is 2.90. The average molecular weight is 220 g/mol. The Morgan fingerprint density at radius 2 is 2.12 bits per heavy atom. The van der Waals surface area contributed by atoms with Gasteiger partial charge in [0.15, 0.2) is 11.6 Å². The van der Waals surface area contributed by atoms with Crippen LogP contribution in [0.1, 0.15) is 11.5 Å². The molecule has 1 aromatic heterocycles. The number of para-hydroxylation sites is 1. The maximum Gasteiger partial charge on any atom is 0.165 e. The second-order valence-corrected chi connectivity index (χ2v) is 3.61. The van der Waals surface area contributed by atoms with Crippen LogP contribution in [-0.4, -0.2) is 9.55 Å². The molecule has 0 amide bonds. The lowest BCUT2D eigenvalue weighted by atomic mass is 10.3. The number of nitrogens with zero attached hydrogens (tertiary/aromatic N) is 2. The number of rotatable bonds is 3. The molecule has 0 aliphatic carbocycles. The summed E-state index contributed by atoms with van der Waals surface area (Å²) >= 11 is 0. The Hall–Kier alpha value is -1.84. The first-order valence-corrected chi connectivity index (χ1v) is 5.03. The number of ether oxygens (including phenoxy) is 1. The summed E-state index contributed by atoms with van der Waals surface area (Å²) in [7, 11) is 1.91. The summed E-state index contributed by atoms with van der Waals surface area (Å²) in [6.45, 7) is 2.19. The number of aryl methyl sites for hydroxylation is 2. The number of halogens is 1. The Morgan fingerprint density at radius 1 is 1.38 bits per heavy atom. The highest BCUT2D eigenvalue weighted by Crippen LogP contribution is 2.16. The largest absolute Gasteiger partial charge is 0.484 e. The van der Waals surface area contributed by atoms with Crippen molar-refractivity contribution in [3.05, 3.63) is 47.8 Å². The van der Waals surface area contributed by atoms with Crippen molar-refractivity contribution in [2.24, 2.45) is 7.05 Å². The fraction of sp³-hybridized carbons (Fsp3) is 0.250. The monoisotopic (exact) mass is 220 g/mol. The van der Waals surface area contributed by atoms with E-state index in [2.05, 4.69) is 4.98 Å². The molecule has 0 saturated carbocycles. The number of hydrogen-bond donors (Lipinski definition) is 0. The van der Waals surface area contributed by atoms with Gasteiger partial charge in [0.1, 0.15) is 12.4 Å². The summed E-state index contributed by atoms with van der Waals surface area (Å²) in [6.07, 6.45) is 1.87. The van der Waals surface area contributed by atoms with Crippen molar-refractivity contribution in [1.29, 1.82) is 0 Å². The van der Waals surface area contributed by atoms with Crippen LogP contribution in [0.5, 0.6) is 5.75 Å². The zero-order valence-electron chi connectivity index (χ0n) is 9.27. The molecular weight excluding hydrogens is 207 g/mol. The Balaban J connectivity index is 2.05. The summed E-state index contributed by atoms with van der Waals surface area (Å²) in [5.41, 5.74) is 0.795. The molecule has 4 heteroatoms. The molecule has 0 atom stereocenters. The molecule has 1 aromatic carbocycles. The predicted octanol–water partition coefficient (Wildman–Crippen LogP) is 2.45. The van der Waals surface area contributed by atoms with Crippen LogP contribution in [0.2, 0.25) is 0 Å². The number of hydrogen-bond acceptors (Lipinski definition) is 2. The zero-order chi connectivity index (χ0) is 11.5. The standard InChI is InChI=1S/C12H13FN2O/c1-9-14-10(7-15(9)2)8-16-12-6-4-3-5-11(12)13/h3-7H,8H2,1-2H3. The van der Waals surface area contributed by atoms with Crippen molar-refractivity contribution in [3.63, 3.8) is 0 Å². The van der Waals surface area contributed by atoms with Gasteiger partial charge in [0.05, 0.1) is 5.69 Å². The molecule has 0 fully saturated rings. The van der Waals surface area contributed by atoms with E-state index in [0.717, 1.165) is 11.5 Å². The molecule has 1 heterocycles. The van der Waals surface area contributed by atoms with E-state index in [1.54, 1.807) is 18.2 Å². The van der Waals surface area contributed by atoms with Crippen LogP contribution in [-0.2, 0) is 13.7 Å².